The van der Waals surface area contributed by atoms with Crippen LogP contribution in [0, 0.1) is 13.8 Å². The molecule has 0 heterocycles. The first-order valence-electron chi connectivity index (χ1n) is 7.04. The third-order valence-corrected chi connectivity index (χ3v) is 3.44. The molecule has 18 heavy (non-hydrogen) atoms. The van der Waals surface area contributed by atoms with E-state index >= 15 is 0 Å². The predicted molar refractivity (Wildman–Crippen MR) is 79.7 cm³/mol. The van der Waals surface area contributed by atoms with Crippen molar-refractivity contribution in [2.75, 3.05) is 12.4 Å². The van der Waals surface area contributed by atoms with Crippen molar-refractivity contribution in [2.45, 2.75) is 59.4 Å². The number of methoxy groups -OCH3 is 1. The summed E-state index contributed by atoms with van der Waals surface area (Å²) >= 11 is 0. The molecule has 0 bridgehead atoms. The molecule has 0 aromatic heterocycles. The van der Waals surface area contributed by atoms with Crippen LogP contribution in [0.4, 0.5) is 5.69 Å². The summed E-state index contributed by atoms with van der Waals surface area (Å²) in [6, 6.07) is 4.88. The minimum Gasteiger partial charge on any atom is -0.496 e. The van der Waals surface area contributed by atoms with Crippen molar-refractivity contribution < 1.29 is 4.74 Å². The number of rotatable bonds is 7. The molecule has 0 saturated heterocycles. The van der Waals surface area contributed by atoms with Crippen LogP contribution in [0.2, 0.25) is 0 Å². The van der Waals surface area contributed by atoms with Crippen molar-refractivity contribution in [3.05, 3.63) is 23.3 Å². The van der Waals surface area contributed by atoms with Gasteiger partial charge in [-0.05, 0) is 38.3 Å². The Labute approximate surface area is 112 Å². The van der Waals surface area contributed by atoms with Gasteiger partial charge in [0.1, 0.15) is 5.75 Å². The van der Waals surface area contributed by atoms with E-state index in [2.05, 4.69) is 45.1 Å². The summed E-state index contributed by atoms with van der Waals surface area (Å²) in [6.07, 6.45) is 4.90. The lowest BCUT2D eigenvalue weighted by molar-refractivity contribution is 0.408. The fraction of sp³-hybridized carbons (Fsp3) is 0.625. The molecule has 1 aromatic rings. The molecule has 0 aliphatic carbocycles. The van der Waals surface area contributed by atoms with E-state index in [0.717, 1.165) is 5.75 Å². The lowest BCUT2D eigenvalue weighted by Crippen LogP contribution is -2.19. The molecule has 0 aliphatic rings. The minimum atomic E-state index is 0.575. The maximum absolute atomic E-state index is 5.48. The molecule has 0 aliphatic heterocycles. The number of benzene rings is 1. The molecular weight excluding hydrogens is 222 g/mol. The molecule has 0 saturated carbocycles. The van der Waals surface area contributed by atoms with Crippen molar-refractivity contribution in [3.8, 4) is 5.75 Å². The van der Waals surface area contributed by atoms with Crippen LogP contribution in [0.3, 0.4) is 0 Å². The highest BCUT2D eigenvalue weighted by Gasteiger charge is 2.11. The van der Waals surface area contributed by atoms with Gasteiger partial charge in [-0.3, -0.25) is 0 Å². The zero-order valence-corrected chi connectivity index (χ0v) is 12.5. The summed E-state index contributed by atoms with van der Waals surface area (Å²) in [5.74, 6) is 1.01. The highest BCUT2D eigenvalue weighted by Crippen LogP contribution is 2.30. The summed E-state index contributed by atoms with van der Waals surface area (Å²) in [6.45, 7) is 8.70. The van der Waals surface area contributed by atoms with Gasteiger partial charge in [0.25, 0.3) is 0 Å². The Hall–Kier alpha value is -1.18. The maximum atomic E-state index is 5.48. The van der Waals surface area contributed by atoms with E-state index in [0.29, 0.717) is 6.04 Å². The van der Waals surface area contributed by atoms with Crippen LogP contribution in [0.15, 0.2) is 12.1 Å². The number of ether oxygens (including phenoxy) is 1. The fourth-order valence-electron chi connectivity index (χ4n) is 2.50. The number of nitrogens with one attached hydrogen (secondary N) is 1. The fourth-order valence-corrected chi connectivity index (χ4v) is 2.50. The first-order valence-corrected chi connectivity index (χ1v) is 7.04. The lowest BCUT2D eigenvalue weighted by atomic mass is 10.0. The first-order chi connectivity index (χ1) is 8.63. The van der Waals surface area contributed by atoms with E-state index in [4.69, 9.17) is 4.74 Å². The van der Waals surface area contributed by atoms with E-state index in [1.165, 1.54) is 42.5 Å². The van der Waals surface area contributed by atoms with Crippen molar-refractivity contribution in [2.24, 2.45) is 0 Å². The van der Waals surface area contributed by atoms with E-state index in [9.17, 15) is 0 Å². The molecule has 0 fully saturated rings. The summed E-state index contributed by atoms with van der Waals surface area (Å²) in [5.41, 5.74) is 3.63. The van der Waals surface area contributed by atoms with Gasteiger partial charge in [-0.2, -0.15) is 0 Å². The van der Waals surface area contributed by atoms with E-state index in [1.54, 1.807) is 7.11 Å². The number of hydrogen-bond donors (Lipinski definition) is 1. The van der Waals surface area contributed by atoms with Gasteiger partial charge in [-0.25, -0.2) is 0 Å². The second-order valence-electron chi connectivity index (χ2n) is 5.01. The average molecular weight is 249 g/mol. The van der Waals surface area contributed by atoms with Crippen LogP contribution < -0.4 is 10.1 Å². The molecule has 1 aromatic carbocycles. The van der Waals surface area contributed by atoms with E-state index < -0.39 is 0 Å². The topological polar surface area (TPSA) is 21.3 Å². The van der Waals surface area contributed by atoms with Gasteiger partial charge in [0.2, 0.25) is 0 Å². The van der Waals surface area contributed by atoms with Gasteiger partial charge < -0.3 is 10.1 Å². The van der Waals surface area contributed by atoms with Crippen LogP contribution in [-0.2, 0) is 0 Å². The molecule has 0 amide bonds. The Morgan fingerprint density at radius 1 is 1.11 bits per heavy atom. The Balaban J connectivity index is 2.88. The summed E-state index contributed by atoms with van der Waals surface area (Å²) in [7, 11) is 1.74. The van der Waals surface area contributed by atoms with Crippen LogP contribution >= 0.6 is 0 Å². The smallest absolute Gasteiger partial charge is 0.126 e. The van der Waals surface area contributed by atoms with Crippen molar-refractivity contribution >= 4 is 5.69 Å². The van der Waals surface area contributed by atoms with Gasteiger partial charge in [0, 0.05) is 17.3 Å². The minimum absolute atomic E-state index is 0.575. The van der Waals surface area contributed by atoms with Crippen molar-refractivity contribution in [1.29, 1.82) is 0 Å². The predicted octanol–water partition coefficient (Wildman–Crippen LogP) is 4.69. The highest BCUT2D eigenvalue weighted by molar-refractivity contribution is 5.60. The number of aryl methyl sites for hydroxylation is 1. The molecule has 1 rings (SSSR count). The molecule has 0 atom stereocenters. The summed E-state index contributed by atoms with van der Waals surface area (Å²) in [4.78, 5) is 0. The second kappa shape index (κ2) is 7.30. The van der Waals surface area contributed by atoms with Crippen LogP contribution in [0.25, 0.3) is 0 Å². The normalized spacial score (nSPS) is 10.8. The molecule has 2 heteroatoms. The van der Waals surface area contributed by atoms with E-state index in [1.807, 2.05) is 0 Å². The molecule has 2 nitrogen and oxygen atoms in total. The third kappa shape index (κ3) is 3.66. The standard InChI is InChI=1S/C16H27NO/c1-6-8-14(9-7-2)17-15-11-10-12(3)16(18-5)13(15)4/h10-11,14,17H,6-9H2,1-5H3. The number of anilines is 1. The highest BCUT2D eigenvalue weighted by atomic mass is 16.5. The van der Waals surface area contributed by atoms with Crippen LogP contribution in [0.5, 0.6) is 5.75 Å². The molecule has 0 radical (unpaired) electrons. The zero-order chi connectivity index (χ0) is 13.5. The molecule has 0 unspecified atom stereocenters. The first kappa shape index (κ1) is 14.9. The Kier molecular flexibility index (Phi) is 6.03. The zero-order valence-electron chi connectivity index (χ0n) is 12.5. The summed E-state index contributed by atoms with van der Waals surface area (Å²) in [5, 5.41) is 3.67. The largest absolute Gasteiger partial charge is 0.496 e. The Morgan fingerprint density at radius 3 is 2.22 bits per heavy atom. The van der Waals surface area contributed by atoms with Gasteiger partial charge in [0.15, 0.2) is 0 Å². The average Bonchev–Trinajstić information content (AvgIpc) is 2.34. The van der Waals surface area contributed by atoms with Crippen LogP contribution in [0.1, 0.15) is 50.7 Å². The van der Waals surface area contributed by atoms with Crippen molar-refractivity contribution in [3.63, 3.8) is 0 Å². The van der Waals surface area contributed by atoms with Gasteiger partial charge in [0.05, 0.1) is 7.11 Å². The Bertz CT molecular complexity index is 368. The monoisotopic (exact) mass is 249 g/mol. The third-order valence-electron chi connectivity index (χ3n) is 3.44. The maximum Gasteiger partial charge on any atom is 0.126 e. The van der Waals surface area contributed by atoms with Gasteiger partial charge in [-0.1, -0.05) is 32.8 Å². The van der Waals surface area contributed by atoms with Crippen LogP contribution in [-0.4, -0.2) is 13.2 Å². The molecule has 102 valence electrons. The Morgan fingerprint density at radius 2 is 1.72 bits per heavy atom. The lowest BCUT2D eigenvalue weighted by Gasteiger charge is -2.21. The van der Waals surface area contributed by atoms with Gasteiger partial charge in [-0.15, -0.1) is 0 Å². The second-order valence-corrected chi connectivity index (χ2v) is 5.01. The van der Waals surface area contributed by atoms with Gasteiger partial charge >= 0.3 is 0 Å². The SMILES string of the molecule is CCCC(CCC)Nc1ccc(C)c(OC)c1C. The quantitative estimate of drug-likeness (QED) is 0.756. The number of hydrogen-bond acceptors (Lipinski definition) is 2. The van der Waals surface area contributed by atoms with E-state index in [-0.39, 0.29) is 0 Å². The molecule has 1 N–H and O–H groups in total. The molecular formula is C16H27NO. The molecule has 0 spiro atoms. The summed E-state index contributed by atoms with van der Waals surface area (Å²) < 4.78 is 5.48. The van der Waals surface area contributed by atoms with Crippen molar-refractivity contribution in [1.82, 2.24) is 0 Å².